The minimum absolute atomic E-state index is 0.0197. The van der Waals surface area contributed by atoms with Gasteiger partial charge in [0.15, 0.2) is 0 Å². The van der Waals surface area contributed by atoms with Crippen LogP contribution in [0.5, 0.6) is 0 Å². The van der Waals surface area contributed by atoms with Crippen LogP contribution in [0.4, 0.5) is 0 Å². The summed E-state index contributed by atoms with van der Waals surface area (Å²) in [5, 5.41) is 0. The number of rotatable bonds is 3. The first-order valence-corrected chi connectivity index (χ1v) is 7.79. The molecular weight excluding hydrogens is 224 g/mol. The third kappa shape index (κ3) is 2.73. The number of esters is 1. The first kappa shape index (κ1) is 13.9. The maximum atomic E-state index is 12.1. The Morgan fingerprint density at radius 1 is 1.28 bits per heavy atom. The van der Waals surface area contributed by atoms with Crippen molar-refractivity contribution in [2.75, 3.05) is 0 Å². The summed E-state index contributed by atoms with van der Waals surface area (Å²) in [7, 11) is 0. The van der Waals surface area contributed by atoms with Gasteiger partial charge in [-0.2, -0.15) is 0 Å². The lowest BCUT2D eigenvalue weighted by atomic mass is 9.63. The summed E-state index contributed by atoms with van der Waals surface area (Å²) in [5.74, 6) is 1.49. The Kier molecular flexibility index (Phi) is 4.34. The minimum atomic E-state index is -0.177. The van der Waals surface area contributed by atoms with Gasteiger partial charge in [0.1, 0.15) is 5.60 Å². The minimum Gasteiger partial charge on any atom is -0.459 e. The highest BCUT2D eigenvalue weighted by atomic mass is 16.6. The van der Waals surface area contributed by atoms with Crippen LogP contribution in [0.1, 0.15) is 72.1 Å². The molecule has 0 N–H and O–H groups in total. The van der Waals surface area contributed by atoms with Crippen LogP contribution >= 0.6 is 0 Å². The largest absolute Gasteiger partial charge is 0.459 e. The van der Waals surface area contributed by atoms with Crippen molar-refractivity contribution in [3.63, 3.8) is 0 Å². The van der Waals surface area contributed by atoms with Gasteiger partial charge in [0.2, 0.25) is 0 Å². The van der Waals surface area contributed by atoms with Crippen LogP contribution in [0.3, 0.4) is 0 Å². The van der Waals surface area contributed by atoms with Gasteiger partial charge in [-0.05, 0) is 44.9 Å². The average molecular weight is 252 g/mol. The van der Waals surface area contributed by atoms with Crippen LogP contribution in [-0.2, 0) is 9.53 Å². The van der Waals surface area contributed by atoms with Crippen LogP contribution in [-0.4, -0.2) is 11.6 Å². The Morgan fingerprint density at radius 2 is 1.94 bits per heavy atom. The molecule has 2 aliphatic carbocycles. The molecule has 4 atom stereocenters. The Bertz CT molecular complexity index is 297. The van der Waals surface area contributed by atoms with E-state index in [1.165, 1.54) is 38.5 Å². The molecule has 0 heterocycles. The van der Waals surface area contributed by atoms with E-state index < -0.39 is 0 Å². The van der Waals surface area contributed by atoms with Crippen molar-refractivity contribution in [3.05, 3.63) is 0 Å². The normalized spacial score (nSPS) is 37.7. The fourth-order valence-corrected chi connectivity index (χ4v) is 3.88. The van der Waals surface area contributed by atoms with Gasteiger partial charge in [0.25, 0.3) is 0 Å². The second kappa shape index (κ2) is 5.63. The molecule has 4 unspecified atom stereocenters. The Balaban J connectivity index is 2.05. The molecule has 2 heteroatoms. The fraction of sp³-hybridized carbons (Fsp3) is 0.938. The van der Waals surface area contributed by atoms with E-state index in [1.54, 1.807) is 0 Å². The molecule has 0 spiro atoms. The van der Waals surface area contributed by atoms with Gasteiger partial charge in [0.05, 0.1) is 5.92 Å². The van der Waals surface area contributed by atoms with E-state index in [4.69, 9.17) is 4.74 Å². The van der Waals surface area contributed by atoms with Gasteiger partial charge in [-0.1, -0.05) is 33.1 Å². The van der Waals surface area contributed by atoms with Gasteiger partial charge < -0.3 is 4.74 Å². The number of fused-ring (bicyclic) bond motifs is 1. The molecule has 0 aliphatic heterocycles. The van der Waals surface area contributed by atoms with Crippen molar-refractivity contribution in [1.29, 1.82) is 0 Å². The van der Waals surface area contributed by atoms with Crippen LogP contribution in [0.2, 0.25) is 0 Å². The predicted molar refractivity (Wildman–Crippen MR) is 73.3 cm³/mol. The van der Waals surface area contributed by atoms with E-state index in [1.807, 2.05) is 6.92 Å². The molecule has 0 aromatic carbocycles. The smallest absolute Gasteiger partial charge is 0.309 e. The van der Waals surface area contributed by atoms with Gasteiger partial charge in [-0.25, -0.2) is 0 Å². The second-order valence-corrected chi connectivity index (χ2v) is 6.59. The lowest BCUT2D eigenvalue weighted by molar-refractivity contribution is -0.178. The van der Waals surface area contributed by atoms with Gasteiger partial charge in [-0.3, -0.25) is 4.79 Å². The summed E-state index contributed by atoms with van der Waals surface area (Å²) in [6, 6.07) is 0. The molecule has 0 aromatic heterocycles. The molecule has 0 amide bonds. The molecule has 18 heavy (non-hydrogen) atoms. The summed E-state index contributed by atoms with van der Waals surface area (Å²) in [6.07, 6.45) is 9.82. The molecule has 0 bridgehead atoms. The van der Waals surface area contributed by atoms with Gasteiger partial charge in [0, 0.05) is 5.92 Å². The monoisotopic (exact) mass is 252 g/mol. The topological polar surface area (TPSA) is 26.3 Å². The first-order chi connectivity index (χ1) is 8.57. The Morgan fingerprint density at radius 3 is 2.67 bits per heavy atom. The summed E-state index contributed by atoms with van der Waals surface area (Å²) in [4.78, 5) is 12.1. The molecule has 0 aromatic rings. The molecule has 2 aliphatic rings. The number of hydrogen-bond donors (Lipinski definition) is 0. The fourth-order valence-electron chi connectivity index (χ4n) is 3.88. The standard InChI is InChI=1S/C16H28O2/c1-4-12(2)15(17)18-16(3)11-7-9-13-8-5-6-10-14(13)16/h12-14H,4-11H2,1-3H3. The summed E-state index contributed by atoms with van der Waals surface area (Å²) >= 11 is 0. The lowest BCUT2D eigenvalue weighted by Crippen LogP contribution is -2.48. The Labute approximate surface area is 111 Å². The van der Waals surface area contributed by atoms with Crippen molar-refractivity contribution in [2.24, 2.45) is 17.8 Å². The molecule has 2 rings (SSSR count). The summed E-state index contributed by atoms with van der Waals surface area (Å²) in [5.41, 5.74) is -0.177. The molecule has 2 fully saturated rings. The third-order valence-corrected chi connectivity index (χ3v) is 5.29. The van der Waals surface area contributed by atoms with Gasteiger partial charge >= 0.3 is 5.97 Å². The SMILES string of the molecule is CCC(C)C(=O)OC1(C)CCCC2CCCCC21. The number of carbonyl (C=O) groups excluding carboxylic acids is 1. The van der Waals surface area contributed by atoms with Gasteiger partial charge in [-0.15, -0.1) is 0 Å². The maximum Gasteiger partial charge on any atom is 0.309 e. The highest BCUT2D eigenvalue weighted by molar-refractivity contribution is 5.72. The van der Waals surface area contributed by atoms with E-state index in [0.717, 1.165) is 18.8 Å². The molecule has 2 nitrogen and oxygen atoms in total. The van der Waals surface area contributed by atoms with E-state index in [2.05, 4.69) is 13.8 Å². The average Bonchev–Trinajstić information content (AvgIpc) is 2.38. The zero-order valence-electron chi connectivity index (χ0n) is 12.2. The molecule has 0 radical (unpaired) electrons. The van der Waals surface area contributed by atoms with Crippen LogP contribution in [0, 0.1) is 17.8 Å². The highest BCUT2D eigenvalue weighted by Gasteiger charge is 2.45. The highest BCUT2D eigenvalue weighted by Crippen LogP contribution is 2.47. The molecular formula is C16H28O2. The van der Waals surface area contributed by atoms with Crippen LogP contribution in [0.25, 0.3) is 0 Å². The predicted octanol–water partition coefficient (Wildman–Crippen LogP) is 4.32. The maximum absolute atomic E-state index is 12.1. The van der Waals surface area contributed by atoms with Crippen molar-refractivity contribution in [2.45, 2.75) is 77.7 Å². The third-order valence-electron chi connectivity index (χ3n) is 5.29. The quantitative estimate of drug-likeness (QED) is 0.699. The number of ether oxygens (including phenoxy) is 1. The molecule has 0 saturated heterocycles. The lowest BCUT2D eigenvalue weighted by Gasteiger charge is -2.48. The number of hydrogen-bond acceptors (Lipinski definition) is 2. The van der Waals surface area contributed by atoms with Crippen molar-refractivity contribution >= 4 is 5.97 Å². The van der Waals surface area contributed by atoms with Crippen molar-refractivity contribution in [3.8, 4) is 0 Å². The molecule has 2 saturated carbocycles. The van der Waals surface area contributed by atoms with Crippen molar-refractivity contribution < 1.29 is 9.53 Å². The molecule has 104 valence electrons. The van der Waals surface area contributed by atoms with Crippen LogP contribution in [0.15, 0.2) is 0 Å². The van der Waals surface area contributed by atoms with Crippen LogP contribution < -0.4 is 0 Å². The van der Waals surface area contributed by atoms with E-state index in [-0.39, 0.29) is 17.5 Å². The van der Waals surface area contributed by atoms with E-state index in [0.29, 0.717) is 5.92 Å². The summed E-state index contributed by atoms with van der Waals surface area (Å²) in [6.45, 7) is 6.22. The van der Waals surface area contributed by atoms with E-state index in [9.17, 15) is 4.79 Å². The first-order valence-electron chi connectivity index (χ1n) is 7.79. The second-order valence-electron chi connectivity index (χ2n) is 6.59. The van der Waals surface area contributed by atoms with E-state index >= 15 is 0 Å². The Hall–Kier alpha value is -0.530. The zero-order chi connectivity index (χ0) is 13.2. The number of carbonyl (C=O) groups is 1. The summed E-state index contributed by atoms with van der Waals surface area (Å²) < 4.78 is 5.96. The van der Waals surface area contributed by atoms with Crippen molar-refractivity contribution in [1.82, 2.24) is 0 Å². The zero-order valence-corrected chi connectivity index (χ0v) is 12.2.